The van der Waals surface area contributed by atoms with Gasteiger partial charge in [0.25, 0.3) is 0 Å². The van der Waals surface area contributed by atoms with Crippen LogP contribution in [-0.4, -0.2) is 72.0 Å². The summed E-state index contributed by atoms with van der Waals surface area (Å²) in [6, 6.07) is 0.541. The van der Waals surface area contributed by atoms with Crippen molar-refractivity contribution < 1.29 is 9.59 Å². The van der Waals surface area contributed by atoms with Gasteiger partial charge in [0.15, 0.2) is 0 Å². The SMILES string of the molecule is C[C@H]1[C@H](C)CCC[C@@H]1NC(=O)[C@H](C)N1CCN([C@@H](C)C(=O)NC2CC2)CC1. The molecule has 0 radical (unpaired) electrons. The van der Waals surface area contributed by atoms with Gasteiger partial charge in [-0.1, -0.05) is 26.7 Å². The Morgan fingerprint density at radius 1 is 0.815 bits per heavy atom. The van der Waals surface area contributed by atoms with Crippen LogP contribution in [0.1, 0.15) is 59.8 Å². The van der Waals surface area contributed by atoms with Crippen molar-refractivity contribution in [3.63, 3.8) is 0 Å². The highest BCUT2D eigenvalue weighted by Crippen LogP contribution is 2.29. The predicted octanol–water partition coefficient (Wildman–Crippen LogP) is 1.60. The second kappa shape index (κ2) is 8.91. The molecule has 3 rings (SSSR count). The molecule has 2 N–H and O–H groups in total. The monoisotopic (exact) mass is 378 g/mol. The Labute approximate surface area is 164 Å². The normalized spacial score (nSPS) is 32.5. The van der Waals surface area contributed by atoms with Gasteiger partial charge >= 0.3 is 0 Å². The molecule has 0 aromatic heterocycles. The van der Waals surface area contributed by atoms with Gasteiger partial charge in [-0.05, 0) is 44.9 Å². The molecule has 1 saturated heterocycles. The zero-order valence-electron chi connectivity index (χ0n) is 17.5. The number of carbonyl (C=O) groups excluding carboxylic acids is 2. The smallest absolute Gasteiger partial charge is 0.237 e. The lowest BCUT2D eigenvalue weighted by molar-refractivity contribution is -0.130. The van der Waals surface area contributed by atoms with Crippen LogP contribution in [0, 0.1) is 11.8 Å². The zero-order valence-corrected chi connectivity index (χ0v) is 17.5. The van der Waals surface area contributed by atoms with E-state index in [0.717, 1.165) is 45.4 Å². The van der Waals surface area contributed by atoms with E-state index in [1.807, 2.05) is 13.8 Å². The van der Waals surface area contributed by atoms with Gasteiger partial charge in [0.2, 0.25) is 11.8 Å². The van der Waals surface area contributed by atoms with Crippen molar-refractivity contribution in [2.75, 3.05) is 26.2 Å². The van der Waals surface area contributed by atoms with E-state index in [9.17, 15) is 9.59 Å². The molecule has 2 aliphatic carbocycles. The number of nitrogens with one attached hydrogen (secondary N) is 2. The van der Waals surface area contributed by atoms with Gasteiger partial charge in [-0.15, -0.1) is 0 Å². The molecule has 0 spiro atoms. The molecule has 3 fully saturated rings. The first kappa shape index (κ1) is 20.6. The van der Waals surface area contributed by atoms with Gasteiger partial charge in [-0.3, -0.25) is 19.4 Å². The quantitative estimate of drug-likeness (QED) is 0.737. The molecule has 0 aromatic rings. The number of amides is 2. The summed E-state index contributed by atoms with van der Waals surface area (Å²) in [5.74, 6) is 1.55. The molecule has 2 saturated carbocycles. The third-order valence-electron chi connectivity index (χ3n) is 7.16. The minimum absolute atomic E-state index is 0.0820. The Morgan fingerprint density at radius 2 is 1.33 bits per heavy atom. The summed E-state index contributed by atoms with van der Waals surface area (Å²) in [6.45, 7) is 11.9. The fraction of sp³-hybridized carbons (Fsp3) is 0.905. The van der Waals surface area contributed by atoms with Gasteiger partial charge in [0.1, 0.15) is 0 Å². The number of hydrogen-bond donors (Lipinski definition) is 2. The van der Waals surface area contributed by atoms with E-state index in [4.69, 9.17) is 0 Å². The summed E-state index contributed by atoms with van der Waals surface area (Å²) < 4.78 is 0. The van der Waals surface area contributed by atoms with Crippen LogP contribution in [0.15, 0.2) is 0 Å². The number of hydrogen-bond acceptors (Lipinski definition) is 4. The summed E-state index contributed by atoms with van der Waals surface area (Å²) in [5, 5.41) is 6.42. The van der Waals surface area contributed by atoms with Gasteiger partial charge in [-0.2, -0.15) is 0 Å². The van der Waals surface area contributed by atoms with Crippen LogP contribution in [0.25, 0.3) is 0 Å². The third-order valence-corrected chi connectivity index (χ3v) is 7.16. The number of carbonyl (C=O) groups is 2. The van der Waals surface area contributed by atoms with Crippen molar-refractivity contribution in [2.24, 2.45) is 11.8 Å². The fourth-order valence-electron chi connectivity index (χ4n) is 4.48. The molecule has 1 aliphatic heterocycles. The molecule has 5 atom stereocenters. The van der Waals surface area contributed by atoms with E-state index < -0.39 is 0 Å². The Kier molecular flexibility index (Phi) is 6.79. The van der Waals surface area contributed by atoms with Crippen molar-refractivity contribution in [2.45, 2.75) is 84.0 Å². The second-order valence-electron chi connectivity index (χ2n) is 9.09. The summed E-state index contributed by atoms with van der Waals surface area (Å²) >= 11 is 0. The Morgan fingerprint density at radius 3 is 1.85 bits per heavy atom. The highest BCUT2D eigenvalue weighted by Gasteiger charge is 2.34. The lowest BCUT2D eigenvalue weighted by Gasteiger charge is -2.40. The van der Waals surface area contributed by atoms with Gasteiger partial charge in [0, 0.05) is 38.3 Å². The number of rotatable bonds is 6. The van der Waals surface area contributed by atoms with Crippen LogP contribution in [-0.2, 0) is 9.59 Å². The first-order valence-corrected chi connectivity index (χ1v) is 11.0. The standard InChI is InChI=1S/C21H38N4O2/c1-14-6-5-7-19(15(14)2)23-21(27)17(4)25-12-10-24(11-13-25)16(3)20(26)22-18-8-9-18/h14-19H,5-13H2,1-4H3,(H,22,26)(H,23,27)/t14-,15+,16+,17+,19+/m1/s1. The van der Waals surface area contributed by atoms with Crippen molar-refractivity contribution in [3.8, 4) is 0 Å². The molecule has 6 heteroatoms. The summed E-state index contributed by atoms with van der Waals surface area (Å²) in [5.41, 5.74) is 0. The second-order valence-corrected chi connectivity index (χ2v) is 9.09. The molecular weight excluding hydrogens is 340 g/mol. The average molecular weight is 379 g/mol. The van der Waals surface area contributed by atoms with Crippen LogP contribution < -0.4 is 10.6 Å². The maximum Gasteiger partial charge on any atom is 0.237 e. The van der Waals surface area contributed by atoms with Crippen LogP contribution in [0.2, 0.25) is 0 Å². The van der Waals surface area contributed by atoms with Gasteiger partial charge < -0.3 is 10.6 Å². The van der Waals surface area contributed by atoms with Crippen LogP contribution in [0.5, 0.6) is 0 Å². The highest BCUT2D eigenvalue weighted by atomic mass is 16.2. The van der Waals surface area contributed by atoms with E-state index in [1.165, 1.54) is 12.8 Å². The van der Waals surface area contributed by atoms with Crippen molar-refractivity contribution in [3.05, 3.63) is 0 Å². The lowest BCUT2D eigenvalue weighted by Crippen LogP contribution is -2.58. The first-order chi connectivity index (χ1) is 12.9. The Balaban J connectivity index is 1.44. The van der Waals surface area contributed by atoms with E-state index in [-0.39, 0.29) is 23.9 Å². The molecule has 0 aromatic carbocycles. The molecule has 3 aliphatic rings. The third kappa shape index (κ3) is 5.23. The van der Waals surface area contributed by atoms with Crippen molar-refractivity contribution in [1.82, 2.24) is 20.4 Å². The minimum Gasteiger partial charge on any atom is -0.352 e. The van der Waals surface area contributed by atoms with E-state index in [1.54, 1.807) is 0 Å². The molecule has 2 amide bonds. The van der Waals surface area contributed by atoms with E-state index in [2.05, 4.69) is 34.3 Å². The maximum atomic E-state index is 12.8. The zero-order chi connectivity index (χ0) is 19.6. The molecule has 154 valence electrons. The molecule has 6 nitrogen and oxygen atoms in total. The van der Waals surface area contributed by atoms with E-state index >= 15 is 0 Å². The summed E-state index contributed by atoms with van der Waals surface area (Å²) in [4.78, 5) is 29.5. The van der Waals surface area contributed by atoms with E-state index in [0.29, 0.717) is 23.9 Å². The van der Waals surface area contributed by atoms with Crippen molar-refractivity contribution >= 4 is 11.8 Å². The Bertz CT molecular complexity index is 528. The Hall–Kier alpha value is -1.14. The molecule has 1 heterocycles. The van der Waals surface area contributed by atoms with Gasteiger partial charge in [0.05, 0.1) is 12.1 Å². The summed E-state index contributed by atoms with van der Waals surface area (Å²) in [6.07, 6.45) is 5.84. The average Bonchev–Trinajstić information content (AvgIpc) is 3.48. The minimum atomic E-state index is -0.104. The fourth-order valence-corrected chi connectivity index (χ4v) is 4.48. The topological polar surface area (TPSA) is 64.7 Å². The lowest BCUT2D eigenvalue weighted by atomic mass is 9.78. The number of nitrogens with zero attached hydrogens (tertiary/aromatic N) is 2. The van der Waals surface area contributed by atoms with Crippen molar-refractivity contribution in [1.29, 1.82) is 0 Å². The molecular formula is C21H38N4O2. The van der Waals surface area contributed by atoms with Crippen LogP contribution in [0.3, 0.4) is 0 Å². The predicted molar refractivity (Wildman–Crippen MR) is 107 cm³/mol. The summed E-state index contributed by atoms with van der Waals surface area (Å²) in [7, 11) is 0. The highest BCUT2D eigenvalue weighted by molar-refractivity contribution is 5.82. The maximum absolute atomic E-state index is 12.8. The van der Waals surface area contributed by atoms with Crippen LogP contribution in [0.4, 0.5) is 0 Å². The largest absolute Gasteiger partial charge is 0.352 e. The van der Waals surface area contributed by atoms with Crippen LogP contribution >= 0.6 is 0 Å². The van der Waals surface area contributed by atoms with Gasteiger partial charge in [-0.25, -0.2) is 0 Å². The molecule has 27 heavy (non-hydrogen) atoms. The first-order valence-electron chi connectivity index (χ1n) is 11.0. The number of piperazine rings is 1. The molecule has 0 unspecified atom stereocenters. The molecule has 0 bridgehead atoms.